The van der Waals surface area contributed by atoms with E-state index >= 15 is 0 Å². The number of thioether (sulfide) groups is 1. The van der Waals surface area contributed by atoms with E-state index in [1.807, 2.05) is 6.92 Å². The van der Waals surface area contributed by atoms with Crippen molar-refractivity contribution in [2.75, 3.05) is 11.9 Å². The Morgan fingerprint density at radius 2 is 1.95 bits per heavy atom. The summed E-state index contributed by atoms with van der Waals surface area (Å²) in [4.78, 5) is 54.8. The number of aromatic carboxylic acids is 1. The third-order valence-electron chi connectivity index (χ3n) is 7.19. The molecule has 4 heterocycles. The van der Waals surface area contributed by atoms with Gasteiger partial charge in [-0.25, -0.2) is 0 Å². The second kappa shape index (κ2) is 12.6. The number of benzene rings is 1. The molecule has 0 spiro atoms. The monoisotopic (exact) mass is 570 g/mol. The van der Waals surface area contributed by atoms with Gasteiger partial charge in [-0.1, -0.05) is 13.0 Å². The van der Waals surface area contributed by atoms with Gasteiger partial charge < -0.3 is 40.4 Å². The van der Waals surface area contributed by atoms with Crippen LogP contribution in [-0.4, -0.2) is 68.7 Å². The standard InChI is InChI=1S/C25H26N4O7S.2Na/c1-10-19-17(11(2)30)23(32)29(19)20(25(35)36)21(10)37-14-8-16(27-9-14)22(31)28-13-6-12-4-3-5-26-18(12)15(7-13)24(33)34;;/h3-7,10-11,14,16-17,19,27,30H,8-9H2,1-2H3,(H,28,31)(H,33,34)(H,35,36);;/q;2*+1/p-2/t10?,11?,14?,16?,17?,19-;;/m1../s1. The number of carboxylic acids is 2. The summed E-state index contributed by atoms with van der Waals surface area (Å²) in [6.07, 6.45) is 0.962. The number of aliphatic carboxylic acids is 1. The van der Waals surface area contributed by atoms with Crippen molar-refractivity contribution in [3.8, 4) is 0 Å². The van der Waals surface area contributed by atoms with Crippen molar-refractivity contribution in [3.63, 3.8) is 0 Å². The number of hydrogen-bond acceptors (Lipinski definition) is 10. The van der Waals surface area contributed by atoms with Gasteiger partial charge in [-0.2, -0.15) is 0 Å². The van der Waals surface area contributed by atoms with Crippen molar-refractivity contribution in [2.45, 2.75) is 43.7 Å². The molecule has 1 aromatic carbocycles. The number of pyridine rings is 1. The van der Waals surface area contributed by atoms with Gasteiger partial charge >= 0.3 is 59.1 Å². The molecule has 3 aliphatic heterocycles. The maximum absolute atomic E-state index is 13.0. The fraction of sp³-hybridized carbons (Fsp3) is 0.400. The Kier molecular flexibility index (Phi) is 10.3. The molecule has 0 aliphatic carbocycles. The van der Waals surface area contributed by atoms with Crippen LogP contribution in [0.3, 0.4) is 0 Å². The molecule has 39 heavy (non-hydrogen) atoms. The zero-order valence-corrected chi connectivity index (χ0v) is 26.8. The minimum absolute atomic E-state index is 0. The summed E-state index contributed by atoms with van der Waals surface area (Å²) in [5, 5.41) is 39.8. The fourth-order valence-corrected chi connectivity index (χ4v) is 6.97. The summed E-state index contributed by atoms with van der Waals surface area (Å²) in [7, 11) is 0. The molecule has 11 nitrogen and oxygen atoms in total. The number of nitrogens with zero attached hydrogens (tertiary/aromatic N) is 2. The summed E-state index contributed by atoms with van der Waals surface area (Å²) in [6.45, 7) is 3.76. The van der Waals surface area contributed by atoms with Gasteiger partial charge in [0.15, 0.2) is 0 Å². The minimum Gasteiger partial charge on any atom is -0.545 e. The minimum atomic E-state index is -1.44. The number of fused-ring (bicyclic) bond motifs is 2. The van der Waals surface area contributed by atoms with E-state index in [1.165, 1.54) is 35.8 Å². The molecule has 0 bridgehead atoms. The van der Waals surface area contributed by atoms with Crippen molar-refractivity contribution in [3.05, 3.63) is 46.6 Å². The summed E-state index contributed by atoms with van der Waals surface area (Å²) < 4.78 is 0. The first kappa shape index (κ1) is 32.0. The van der Waals surface area contributed by atoms with Gasteiger partial charge in [-0.05, 0) is 31.5 Å². The molecule has 3 aliphatic rings. The molecule has 3 N–H and O–H groups in total. The Hall–Kier alpha value is -1.48. The van der Waals surface area contributed by atoms with Crippen LogP contribution in [0.5, 0.6) is 0 Å². The molecule has 0 radical (unpaired) electrons. The molecule has 5 unspecified atom stereocenters. The fourth-order valence-electron chi connectivity index (χ4n) is 5.49. The molecule has 5 rings (SSSR count). The predicted molar refractivity (Wildman–Crippen MR) is 129 cm³/mol. The SMILES string of the molecule is CC(O)C1C(=O)N2C(C(=O)[O-])=C(SC3CNC(C(=O)Nc4cc(C(=O)[O-])c5ncccc5c4)C3)C(C)[C@H]12.[Na+].[Na+]. The number of β-lactam (4-membered cyclic amide) rings is 1. The van der Waals surface area contributed by atoms with Crippen molar-refractivity contribution in [1.29, 1.82) is 0 Å². The second-order valence-electron chi connectivity index (χ2n) is 9.57. The molecule has 194 valence electrons. The van der Waals surface area contributed by atoms with Crippen molar-refractivity contribution >= 4 is 52.1 Å². The maximum atomic E-state index is 13.0. The van der Waals surface area contributed by atoms with Crippen LogP contribution in [0.1, 0.15) is 30.6 Å². The number of rotatable bonds is 7. The first-order chi connectivity index (χ1) is 17.6. The zero-order valence-electron chi connectivity index (χ0n) is 22.0. The molecule has 6 atom stereocenters. The first-order valence-corrected chi connectivity index (χ1v) is 12.7. The number of carbonyl (C=O) groups is 4. The normalized spacial score (nSPS) is 26.3. The molecule has 2 fully saturated rings. The molecular weight excluding hydrogens is 546 g/mol. The van der Waals surface area contributed by atoms with E-state index in [-0.39, 0.29) is 93.0 Å². The van der Waals surface area contributed by atoms with Gasteiger partial charge in [0, 0.05) is 45.5 Å². The molecule has 2 saturated heterocycles. The van der Waals surface area contributed by atoms with E-state index in [4.69, 9.17) is 0 Å². The van der Waals surface area contributed by atoms with Gasteiger partial charge in [-0.3, -0.25) is 14.6 Å². The van der Waals surface area contributed by atoms with Crippen LogP contribution in [-0.2, 0) is 14.4 Å². The number of aliphatic hydroxyl groups is 1. The van der Waals surface area contributed by atoms with Gasteiger partial charge in [-0.15, -0.1) is 11.8 Å². The van der Waals surface area contributed by atoms with Crippen molar-refractivity contribution < 1.29 is 93.6 Å². The summed E-state index contributed by atoms with van der Waals surface area (Å²) >= 11 is 1.30. The quantitative estimate of drug-likeness (QED) is 0.214. The Balaban J connectivity index is 0.00000210. The van der Waals surface area contributed by atoms with Crippen LogP contribution in [0.2, 0.25) is 0 Å². The van der Waals surface area contributed by atoms with Crippen molar-refractivity contribution in [2.24, 2.45) is 11.8 Å². The zero-order chi connectivity index (χ0) is 26.6. The van der Waals surface area contributed by atoms with Crippen LogP contribution >= 0.6 is 11.8 Å². The molecule has 0 saturated carbocycles. The average molecular weight is 571 g/mol. The predicted octanol–water partition coefficient (Wildman–Crippen LogP) is -7.17. The molecule has 2 aromatic rings. The van der Waals surface area contributed by atoms with Crippen LogP contribution < -0.4 is 80.0 Å². The van der Waals surface area contributed by atoms with E-state index < -0.39 is 42.0 Å². The first-order valence-electron chi connectivity index (χ1n) is 11.9. The van der Waals surface area contributed by atoms with E-state index in [9.17, 15) is 34.5 Å². The van der Waals surface area contributed by atoms with E-state index in [0.29, 0.717) is 28.9 Å². The average Bonchev–Trinajstić information content (AvgIpc) is 3.40. The number of amides is 2. The van der Waals surface area contributed by atoms with Gasteiger partial charge in [0.25, 0.3) is 0 Å². The van der Waals surface area contributed by atoms with E-state index in [0.717, 1.165) is 0 Å². The number of anilines is 1. The third kappa shape index (κ3) is 5.81. The van der Waals surface area contributed by atoms with Crippen LogP contribution in [0.4, 0.5) is 5.69 Å². The van der Waals surface area contributed by atoms with Gasteiger partial charge in [0.1, 0.15) is 0 Å². The summed E-state index contributed by atoms with van der Waals surface area (Å²) in [5.41, 5.74) is 0.269. The smallest absolute Gasteiger partial charge is 0.545 e. The van der Waals surface area contributed by atoms with Crippen LogP contribution in [0.25, 0.3) is 10.9 Å². The number of nitrogens with one attached hydrogen (secondary N) is 2. The maximum Gasteiger partial charge on any atom is 1.00 e. The largest absolute Gasteiger partial charge is 1.00 e. The Morgan fingerprint density at radius 1 is 1.23 bits per heavy atom. The topological polar surface area (TPSA) is 175 Å². The number of carbonyl (C=O) groups excluding carboxylic acids is 4. The summed E-state index contributed by atoms with van der Waals surface area (Å²) in [5.74, 6) is -4.59. The Labute approximate surface area is 272 Å². The number of hydrogen-bond donors (Lipinski definition) is 3. The van der Waals surface area contributed by atoms with E-state index in [1.54, 1.807) is 18.2 Å². The van der Waals surface area contributed by atoms with E-state index in [2.05, 4.69) is 15.6 Å². The summed E-state index contributed by atoms with van der Waals surface area (Å²) in [6, 6.07) is 5.25. The Morgan fingerprint density at radius 3 is 2.59 bits per heavy atom. The molecule has 2 amide bonds. The Bertz CT molecular complexity index is 1370. The van der Waals surface area contributed by atoms with Crippen molar-refractivity contribution in [1.82, 2.24) is 15.2 Å². The number of carboxylic acid groups (broad SMARTS) is 2. The number of aliphatic hydroxyl groups excluding tert-OH is 1. The molecule has 1 aromatic heterocycles. The second-order valence-corrected chi connectivity index (χ2v) is 10.9. The third-order valence-corrected chi connectivity index (χ3v) is 8.71. The van der Waals surface area contributed by atoms with Gasteiger partial charge in [0.2, 0.25) is 11.8 Å². The van der Waals surface area contributed by atoms with Crippen LogP contribution in [0, 0.1) is 11.8 Å². The molecule has 14 heteroatoms. The van der Waals surface area contributed by atoms with Gasteiger partial charge in [0.05, 0.1) is 47.3 Å². The van der Waals surface area contributed by atoms with Crippen LogP contribution in [0.15, 0.2) is 41.1 Å². The molecular formula is C25H24N4Na2O7S. The number of aromatic nitrogens is 1.